The molecule has 0 radical (unpaired) electrons. The Morgan fingerprint density at radius 2 is 0.767 bits per heavy atom. The molecular formula is C84H53N5O. The molecule has 420 valence electrons. The van der Waals surface area contributed by atoms with Gasteiger partial charge < -0.3 is 22.7 Å². The van der Waals surface area contributed by atoms with Crippen molar-refractivity contribution in [1.82, 2.24) is 23.3 Å². The summed E-state index contributed by atoms with van der Waals surface area (Å²) in [6.07, 6.45) is 2.02. The lowest BCUT2D eigenvalue weighted by Gasteiger charge is -2.22. The molecule has 0 unspecified atom stereocenters. The second-order valence-corrected chi connectivity index (χ2v) is 25.0. The Morgan fingerprint density at radius 1 is 0.289 bits per heavy atom. The highest BCUT2D eigenvalue weighted by atomic mass is 16.3. The summed E-state index contributed by atoms with van der Waals surface area (Å²) in [6.45, 7) is 4.76. The molecule has 1 aliphatic rings. The average molecular weight is 1150 g/mol. The number of nitrogens with zero attached hydrogens (tertiary/aromatic N) is 5. The number of benzene rings is 13. The molecule has 90 heavy (non-hydrogen) atoms. The summed E-state index contributed by atoms with van der Waals surface area (Å²) in [5.74, 6) is 0. The van der Waals surface area contributed by atoms with Crippen molar-refractivity contribution in [1.29, 1.82) is 0 Å². The van der Waals surface area contributed by atoms with Crippen LogP contribution in [-0.2, 0) is 5.41 Å². The SMILES string of the molecule is CC1(C)c2ccccc2-c2cc3c4ccccc4n(-c4ccnc5cc(-n6c7ccccc7c7ccc(-c8ccc9c(c8)c8ccccc8n9-c8ccccc8)cc76)cc(-n6c7ccccc7c7cc(-c8ccc9oc%10ccccc%10c9c8)ccc76)c45)c3cc21. The minimum atomic E-state index is -0.195. The van der Waals surface area contributed by atoms with Crippen LogP contribution in [0.1, 0.15) is 25.0 Å². The van der Waals surface area contributed by atoms with Crippen LogP contribution in [0, 0.1) is 0 Å². The molecule has 1 aliphatic carbocycles. The smallest absolute Gasteiger partial charge is 0.135 e. The van der Waals surface area contributed by atoms with E-state index in [1.54, 1.807) is 0 Å². The van der Waals surface area contributed by atoms with Gasteiger partial charge in [0.2, 0.25) is 0 Å². The highest BCUT2D eigenvalue weighted by Crippen LogP contribution is 2.52. The van der Waals surface area contributed by atoms with Crippen LogP contribution in [0.5, 0.6) is 0 Å². The van der Waals surface area contributed by atoms with Crippen molar-refractivity contribution in [2.45, 2.75) is 19.3 Å². The van der Waals surface area contributed by atoms with Gasteiger partial charge in [-0.25, -0.2) is 0 Å². The summed E-state index contributed by atoms with van der Waals surface area (Å²) >= 11 is 0. The predicted octanol–water partition coefficient (Wildman–Crippen LogP) is 22.2. The quantitative estimate of drug-likeness (QED) is 0.167. The van der Waals surface area contributed by atoms with Crippen molar-refractivity contribution in [3.63, 3.8) is 0 Å². The molecule has 0 saturated heterocycles. The Hall–Kier alpha value is -11.7. The maximum Gasteiger partial charge on any atom is 0.135 e. The molecular weight excluding hydrogens is 1090 g/mol. The van der Waals surface area contributed by atoms with Crippen LogP contribution in [0.25, 0.3) is 176 Å². The van der Waals surface area contributed by atoms with Gasteiger partial charge in [-0.2, -0.15) is 0 Å². The third-order valence-corrected chi connectivity index (χ3v) is 20.0. The molecule has 0 aliphatic heterocycles. The summed E-state index contributed by atoms with van der Waals surface area (Å²) in [5, 5.41) is 12.9. The molecule has 13 aromatic carbocycles. The van der Waals surface area contributed by atoms with Crippen molar-refractivity contribution in [2.75, 3.05) is 0 Å². The number of hydrogen-bond acceptors (Lipinski definition) is 2. The van der Waals surface area contributed by atoms with E-state index in [9.17, 15) is 0 Å². The van der Waals surface area contributed by atoms with Gasteiger partial charge in [-0.15, -0.1) is 0 Å². The van der Waals surface area contributed by atoms with Gasteiger partial charge in [0.25, 0.3) is 0 Å². The van der Waals surface area contributed by atoms with Gasteiger partial charge in [0.1, 0.15) is 11.2 Å². The molecule has 0 bridgehead atoms. The first kappa shape index (κ1) is 49.4. The topological polar surface area (TPSA) is 45.8 Å². The maximum absolute atomic E-state index is 6.32. The Morgan fingerprint density at radius 3 is 1.47 bits per heavy atom. The number of furan rings is 1. The van der Waals surface area contributed by atoms with Crippen LogP contribution >= 0.6 is 0 Å². The number of fused-ring (bicyclic) bond motifs is 19. The summed E-state index contributed by atoms with van der Waals surface area (Å²) in [4.78, 5) is 5.47. The van der Waals surface area contributed by atoms with E-state index in [4.69, 9.17) is 9.40 Å². The number of rotatable bonds is 6. The zero-order valence-electron chi connectivity index (χ0n) is 49.3. The second-order valence-electron chi connectivity index (χ2n) is 25.0. The minimum absolute atomic E-state index is 0.195. The Labute approximate surface area is 516 Å². The molecule has 19 aromatic rings. The fourth-order valence-electron chi connectivity index (χ4n) is 15.9. The van der Waals surface area contributed by atoms with Gasteiger partial charge in [0, 0.05) is 76.5 Å². The summed E-state index contributed by atoms with van der Waals surface area (Å²) in [7, 11) is 0. The molecule has 0 N–H and O–H groups in total. The first-order valence-corrected chi connectivity index (χ1v) is 31.1. The van der Waals surface area contributed by atoms with E-state index in [0.29, 0.717) is 0 Å². The Balaban J connectivity index is 0.858. The van der Waals surface area contributed by atoms with Gasteiger partial charge in [-0.3, -0.25) is 4.98 Å². The van der Waals surface area contributed by atoms with Crippen molar-refractivity contribution in [3.8, 4) is 56.1 Å². The van der Waals surface area contributed by atoms with Crippen molar-refractivity contribution >= 4 is 120 Å². The molecule has 0 fully saturated rings. The largest absolute Gasteiger partial charge is 0.456 e. The molecule has 6 heteroatoms. The van der Waals surface area contributed by atoms with Crippen molar-refractivity contribution in [3.05, 3.63) is 296 Å². The fourth-order valence-corrected chi connectivity index (χ4v) is 15.9. The maximum atomic E-state index is 6.32. The predicted molar refractivity (Wildman–Crippen MR) is 375 cm³/mol. The lowest BCUT2D eigenvalue weighted by atomic mass is 9.82. The number of hydrogen-bond donors (Lipinski definition) is 0. The Bertz CT molecular complexity index is 6320. The lowest BCUT2D eigenvalue weighted by molar-refractivity contribution is 0.661. The van der Waals surface area contributed by atoms with Crippen molar-refractivity contribution < 1.29 is 4.42 Å². The van der Waals surface area contributed by atoms with E-state index in [-0.39, 0.29) is 5.41 Å². The minimum Gasteiger partial charge on any atom is -0.456 e. The van der Waals surface area contributed by atoms with Gasteiger partial charge in [-0.05, 0) is 160 Å². The van der Waals surface area contributed by atoms with Gasteiger partial charge in [-0.1, -0.05) is 178 Å². The monoisotopic (exact) mass is 1150 g/mol. The molecule has 0 spiro atoms. The standard InChI is InChI=1S/C84H53N5O/c1-84(2)68-26-12-6-20-56(68)63-48-66-60-24-10-16-30-74(60)89(79(66)49-69(63)84)77-40-41-85-70-46-55(47-80(83(70)77)88-73-29-15-9-23-59(73)65-42-50(34-38-76(65)88)52-35-39-82-67(44-52)62-25-11-17-31-81(62)90-82)87-71-27-13-7-21-57(71)61-36-32-53(45-78(61)87)51-33-37-75-64(43-51)58-22-8-14-28-72(58)86(75)54-18-4-3-5-19-54/h3-49H,1-2H3. The van der Waals surface area contributed by atoms with E-state index in [2.05, 4.69) is 305 Å². The third kappa shape index (κ3) is 6.79. The Kier molecular flexibility index (Phi) is 9.97. The van der Waals surface area contributed by atoms with Crippen LogP contribution in [-0.4, -0.2) is 23.3 Å². The molecule has 0 saturated carbocycles. The third-order valence-electron chi connectivity index (χ3n) is 20.0. The second kappa shape index (κ2) is 18.2. The van der Waals surface area contributed by atoms with E-state index >= 15 is 0 Å². The van der Waals surface area contributed by atoms with Gasteiger partial charge >= 0.3 is 0 Å². The van der Waals surface area contributed by atoms with Crippen LogP contribution < -0.4 is 0 Å². The molecule has 6 aromatic heterocycles. The molecule has 6 nitrogen and oxygen atoms in total. The normalized spacial score (nSPS) is 13.1. The van der Waals surface area contributed by atoms with Crippen molar-refractivity contribution in [2.24, 2.45) is 0 Å². The van der Waals surface area contributed by atoms with Crippen LogP contribution in [0.15, 0.2) is 290 Å². The number of para-hydroxylation sites is 6. The molecule has 6 heterocycles. The van der Waals surface area contributed by atoms with E-state index in [1.165, 1.54) is 81.9 Å². The van der Waals surface area contributed by atoms with Crippen LogP contribution in [0.3, 0.4) is 0 Å². The highest BCUT2D eigenvalue weighted by molar-refractivity contribution is 6.17. The zero-order chi connectivity index (χ0) is 59.1. The molecule has 20 rings (SSSR count). The first-order chi connectivity index (χ1) is 44.4. The van der Waals surface area contributed by atoms with Gasteiger partial charge in [0.05, 0.1) is 66.7 Å². The summed E-state index contributed by atoms with van der Waals surface area (Å²) < 4.78 is 16.2. The summed E-state index contributed by atoms with van der Waals surface area (Å²) in [6, 6.07) is 103. The number of pyridine rings is 1. The first-order valence-electron chi connectivity index (χ1n) is 31.1. The molecule has 0 atom stereocenters. The highest BCUT2D eigenvalue weighted by Gasteiger charge is 2.36. The van der Waals surface area contributed by atoms with Crippen LogP contribution in [0.4, 0.5) is 0 Å². The van der Waals surface area contributed by atoms with E-state index < -0.39 is 0 Å². The van der Waals surface area contributed by atoms with E-state index in [0.717, 1.165) is 105 Å². The lowest BCUT2D eigenvalue weighted by Crippen LogP contribution is -2.15. The van der Waals surface area contributed by atoms with Crippen LogP contribution in [0.2, 0.25) is 0 Å². The molecule has 0 amide bonds. The van der Waals surface area contributed by atoms with Gasteiger partial charge in [0.15, 0.2) is 0 Å². The fraction of sp³-hybridized carbons (Fsp3) is 0.0357. The van der Waals surface area contributed by atoms with E-state index in [1.807, 2.05) is 12.3 Å². The average Bonchev–Trinajstić information content (AvgIpc) is 1.54. The summed E-state index contributed by atoms with van der Waals surface area (Å²) in [5.41, 5.74) is 25.8. The number of aromatic nitrogens is 5. The zero-order valence-corrected chi connectivity index (χ0v) is 49.3.